The van der Waals surface area contributed by atoms with Crippen LogP contribution in [0.3, 0.4) is 0 Å². The predicted molar refractivity (Wildman–Crippen MR) is 67.2 cm³/mol. The molecule has 98 valence electrons. The molecule has 6 nitrogen and oxygen atoms in total. The summed E-state index contributed by atoms with van der Waals surface area (Å²) in [7, 11) is 1.22. The average molecular weight is 260 g/mol. The van der Waals surface area contributed by atoms with Gasteiger partial charge in [-0.2, -0.15) is 5.06 Å². The Hall–Kier alpha value is -2.63. The number of hydrogen-bond acceptors (Lipinski definition) is 4. The van der Waals surface area contributed by atoms with E-state index in [4.69, 9.17) is 0 Å². The molecule has 0 aliphatic heterocycles. The lowest BCUT2D eigenvalue weighted by molar-refractivity contribution is -0.187. The highest BCUT2D eigenvalue weighted by molar-refractivity contribution is 6.44. The molecule has 1 N–H and O–H groups in total. The SMILES string of the molecule is CC(=O)ON(C)C(=O)C(=O)c1c[nH]c2ccccc12. The number of hydrogen-bond donors (Lipinski definition) is 1. The molecule has 0 fully saturated rings. The van der Waals surface area contributed by atoms with Gasteiger partial charge < -0.3 is 9.82 Å². The third-order valence-electron chi connectivity index (χ3n) is 2.58. The first kappa shape index (κ1) is 12.8. The third kappa shape index (κ3) is 2.47. The predicted octanol–water partition coefficient (Wildman–Crippen LogP) is 1.29. The normalized spacial score (nSPS) is 10.2. The first-order chi connectivity index (χ1) is 9.00. The highest BCUT2D eigenvalue weighted by Crippen LogP contribution is 2.18. The van der Waals surface area contributed by atoms with Crippen LogP contribution in [0.25, 0.3) is 10.9 Å². The minimum absolute atomic E-state index is 0.250. The molecular weight excluding hydrogens is 248 g/mol. The summed E-state index contributed by atoms with van der Waals surface area (Å²) in [6.07, 6.45) is 1.46. The van der Waals surface area contributed by atoms with Crippen LogP contribution in [0.2, 0.25) is 0 Å². The number of carbonyl (C=O) groups is 3. The standard InChI is InChI=1S/C13H12N2O4/c1-8(16)19-15(2)13(18)12(17)10-7-14-11-6-4-3-5-9(10)11/h3-7,14H,1-2H3. The summed E-state index contributed by atoms with van der Waals surface area (Å²) < 4.78 is 0. The Morgan fingerprint density at radius 1 is 1.21 bits per heavy atom. The van der Waals surface area contributed by atoms with E-state index in [1.54, 1.807) is 18.2 Å². The van der Waals surface area contributed by atoms with Crippen LogP contribution in [0.1, 0.15) is 17.3 Å². The number of nitrogens with zero attached hydrogens (tertiary/aromatic N) is 1. The van der Waals surface area contributed by atoms with Gasteiger partial charge in [0.05, 0.1) is 5.56 Å². The Kier molecular flexibility index (Phi) is 3.33. The van der Waals surface area contributed by atoms with E-state index in [9.17, 15) is 14.4 Å². The van der Waals surface area contributed by atoms with E-state index in [-0.39, 0.29) is 5.56 Å². The van der Waals surface area contributed by atoms with Crippen molar-refractivity contribution in [2.24, 2.45) is 0 Å². The van der Waals surface area contributed by atoms with E-state index in [2.05, 4.69) is 9.82 Å². The highest BCUT2D eigenvalue weighted by atomic mass is 16.7. The number of likely N-dealkylation sites (N-methyl/N-ethyl adjacent to an activating group) is 1. The van der Waals surface area contributed by atoms with E-state index in [0.29, 0.717) is 10.4 Å². The number of rotatable bonds is 2. The van der Waals surface area contributed by atoms with Gasteiger partial charge in [-0.05, 0) is 6.07 Å². The maximum atomic E-state index is 12.0. The fourth-order valence-corrected chi connectivity index (χ4v) is 1.75. The zero-order valence-corrected chi connectivity index (χ0v) is 10.5. The van der Waals surface area contributed by atoms with Gasteiger partial charge in [-0.1, -0.05) is 18.2 Å². The second kappa shape index (κ2) is 4.93. The molecule has 0 unspecified atom stereocenters. The number of carbonyl (C=O) groups excluding carboxylic acids is 3. The molecule has 6 heteroatoms. The molecule has 0 spiro atoms. The van der Waals surface area contributed by atoms with Gasteiger partial charge in [0.1, 0.15) is 0 Å². The number of ketones is 1. The van der Waals surface area contributed by atoms with Crippen LogP contribution in [0.15, 0.2) is 30.5 Å². The van der Waals surface area contributed by atoms with E-state index < -0.39 is 17.7 Å². The Bertz CT molecular complexity index is 659. The number of amides is 1. The molecule has 0 saturated carbocycles. The van der Waals surface area contributed by atoms with Gasteiger partial charge in [0.2, 0.25) is 0 Å². The van der Waals surface area contributed by atoms with E-state index in [1.807, 2.05) is 6.07 Å². The van der Waals surface area contributed by atoms with Crippen LogP contribution in [0, 0.1) is 0 Å². The molecule has 1 amide bonds. The number of para-hydroxylation sites is 1. The highest BCUT2D eigenvalue weighted by Gasteiger charge is 2.24. The number of aromatic amines is 1. The smallest absolute Gasteiger partial charge is 0.329 e. The number of nitrogens with one attached hydrogen (secondary N) is 1. The fraction of sp³-hybridized carbons (Fsp3) is 0.154. The first-order valence-corrected chi connectivity index (χ1v) is 5.57. The van der Waals surface area contributed by atoms with Crippen molar-refractivity contribution in [2.45, 2.75) is 6.92 Å². The molecule has 1 aromatic heterocycles. The zero-order chi connectivity index (χ0) is 14.0. The summed E-state index contributed by atoms with van der Waals surface area (Å²) in [5, 5.41) is 1.28. The van der Waals surface area contributed by atoms with E-state index >= 15 is 0 Å². The number of benzene rings is 1. The maximum absolute atomic E-state index is 12.0. The number of aromatic nitrogens is 1. The third-order valence-corrected chi connectivity index (χ3v) is 2.58. The van der Waals surface area contributed by atoms with Gasteiger partial charge in [0.15, 0.2) is 0 Å². The van der Waals surface area contributed by atoms with Gasteiger partial charge in [0, 0.05) is 31.1 Å². The Balaban J connectivity index is 2.29. The van der Waals surface area contributed by atoms with Crippen molar-refractivity contribution in [3.8, 4) is 0 Å². The van der Waals surface area contributed by atoms with Crippen LogP contribution in [-0.4, -0.2) is 34.8 Å². The minimum atomic E-state index is -0.903. The summed E-state index contributed by atoms with van der Waals surface area (Å²) in [4.78, 5) is 42.1. The van der Waals surface area contributed by atoms with Gasteiger partial charge >= 0.3 is 11.9 Å². The quantitative estimate of drug-likeness (QED) is 0.501. The average Bonchev–Trinajstić information content (AvgIpc) is 2.80. The molecule has 2 aromatic rings. The molecule has 0 saturated heterocycles. The number of H-pyrrole nitrogens is 1. The van der Waals surface area contributed by atoms with Crippen LogP contribution in [0.4, 0.5) is 0 Å². The molecule has 19 heavy (non-hydrogen) atoms. The van der Waals surface area contributed by atoms with Crippen LogP contribution < -0.4 is 0 Å². The topological polar surface area (TPSA) is 79.5 Å². The van der Waals surface area contributed by atoms with Gasteiger partial charge in [0.25, 0.3) is 5.78 Å². The zero-order valence-electron chi connectivity index (χ0n) is 10.5. The molecule has 0 aliphatic rings. The van der Waals surface area contributed by atoms with Gasteiger partial charge in [-0.25, -0.2) is 0 Å². The molecule has 2 rings (SSSR count). The lowest BCUT2D eigenvalue weighted by Crippen LogP contribution is -2.34. The molecule has 0 bridgehead atoms. The lowest BCUT2D eigenvalue weighted by atomic mass is 10.1. The van der Waals surface area contributed by atoms with Crippen LogP contribution >= 0.6 is 0 Å². The first-order valence-electron chi connectivity index (χ1n) is 5.57. The summed E-state index contributed by atoms with van der Waals surface area (Å²) in [5.74, 6) is -2.30. The second-order valence-corrected chi connectivity index (χ2v) is 3.96. The minimum Gasteiger partial charge on any atom is -0.360 e. The Morgan fingerprint density at radius 3 is 2.58 bits per heavy atom. The van der Waals surface area contributed by atoms with Crippen molar-refractivity contribution in [3.63, 3.8) is 0 Å². The number of hydroxylamine groups is 2. The number of Topliss-reactive ketones (excluding diaryl/α,β-unsaturated/α-hetero) is 1. The maximum Gasteiger partial charge on any atom is 0.329 e. The summed E-state index contributed by atoms with van der Waals surface area (Å²) in [5.41, 5.74) is 1.01. The van der Waals surface area contributed by atoms with Crippen LogP contribution in [-0.2, 0) is 14.4 Å². The van der Waals surface area contributed by atoms with Crippen molar-refractivity contribution in [2.75, 3.05) is 7.05 Å². The van der Waals surface area contributed by atoms with E-state index in [0.717, 1.165) is 12.4 Å². The van der Waals surface area contributed by atoms with Gasteiger partial charge in [-0.15, -0.1) is 0 Å². The summed E-state index contributed by atoms with van der Waals surface area (Å²) in [6.45, 7) is 1.15. The monoisotopic (exact) mass is 260 g/mol. The Morgan fingerprint density at radius 2 is 1.89 bits per heavy atom. The molecule has 0 radical (unpaired) electrons. The summed E-state index contributed by atoms with van der Waals surface area (Å²) >= 11 is 0. The fourth-order valence-electron chi connectivity index (χ4n) is 1.75. The lowest BCUT2D eigenvalue weighted by Gasteiger charge is -2.13. The van der Waals surface area contributed by atoms with Crippen molar-refractivity contribution >= 4 is 28.6 Å². The number of fused-ring (bicyclic) bond motifs is 1. The molecule has 1 aromatic carbocycles. The van der Waals surface area contributed by atoms with Crippen molar-refractivity contribution in [1.82, 2.24) is 10.0 Å². The summed E-state index contributed by atoms with van der Waals surface area (Å²) in [6, 6.07) is 7.12. The molecule has 0 atom stereocenters. The molecule has 0 aliphatic carbocycles. The van der Waals surface area contributed by atoms with E-state index in [1.165, 1.54) is 13.2 Å². The van der Waals surface area contributed by atoms with Gasteiger partial charge in [-0.3, -0.25) is 14.4 Å². The van der Waals surface area contributed by atoms with Crippen LogP contribution in [0.5, 0.6) is 0 Å². The van der Waals surface area contributed by atoms with Crippen molar-refractivity contribution in [3.05, 3.63) is 36.0 Å². The Labute approximate surface area is 108 Å². The molecule has 1 heterocycles. The van der Waals surface area contributed by atoms with Crippen molar-refractivity contribution < 1.29 is 19.2 Å². The second-order valence-electron chi connectivity index (χ2n) is 3.96. The molecular formula is C13H12N2O4. The largest absolute Gasteiger partial charge is 0.360 e. The van der Waals surface area contributed by atoms with Crippen molar-refractivity contribution in [1.29, 1.82) is 0 Å².